The summed E-state index contributed by atoms with van der Waals surface area (Å²) in [5, 5.41) is 24.9. The van der Waals surface area contributed by atoms with Gasteiger partial charge in [0.1, 0.15) is 0 Å². The van der Waals surface area contributed by atoms with Gasteiger partial charge in [-0.1, -0.05) is 29.8 Å². The monoisotopic (exact) mass is 496 g/mol. The Morgan fingerprint density at radius 1 is 1.14 bits per heavy atom. The van der Waals surface area contributed by atoms with Gasteiger partial charge in [-0.2, -0.15) is 20.1 Å². The van der Waals surface area contributed by atoms with Crippen LogP contribution < -0.4 is 10.6 Å². The number of aliphatic hydroxyl groups excluding tert-OH is 1. The predicted octanol–water partition coefficient (Wildman–Crippen LogP) is 3.14. The Labute approximate surface area is 208 Å². The Bertz CT molecular complexity index is 1160. The van der Waals surface area contributed by atoms with E-state index in [9.17, 15) is 5.11 Å². The highest BCUT2D eigenvalue weighted by Gasteiger charge is 2.25. The Morgan fingerprint density at radius 3 is 2.77 bits per heavy atom. The van der Waals surface area contributed by atoms with Crippen molar-refractivity contribution in [3.63, 3.8) is 0 Å². The standard InChI is InChI=1S/C24H29ClN8O2/c25-18-3-1-2-16(12-18)4-7-21-27-23(26-14-19(34)15-33-8-10-35-11-9-33)30-24(28-21)29-22-13-20(31-32-22)17-5-6-17/h1-4,7,12-13,17,19,34H,5-6,8-11,14-15H2,(H3,26,27,28,29,30,31,32)/b7-4+. The van der Waals surface area contributed by atoms with Crippen LogP contribution in [0.1, 0.15) is 35.8 Å². The molecular formula is C24H29ClN8O2. The molecular weight excluding hydrogens is 468 g/mol. The van der Waals surface area contributed by atoms with E-state index in [0.717, 1.165) is 24.3 Å². The lowest BCUT2D eigenvalue weighted by atomic mass is 10.2. The minimum atomic E-state index is -0.570. The summed E-state index contributed by atoms with van der Waals surface area (Å²) in [5.41, 5.74) is 2.05. The van der Waals surface area contributed by atoms with Crippen LogP contribution in [0.15, 0.2) is 30.3 Å². The van der Waals surface area contributed by atoms with Crippen LogP contribution in [-0.2, 0) is 4.74 Å². The molecule has 184 valence electrons. The molecule has 1 aliphatic heterocycles. The first-order valence-corrected chi connectivity index (χ1v) is 12.2. The van der Waals surface area contributed by atoms with Crippen molar-refractivity contribution >= 4 is 41.5 Å². The second-order valence-electron chi connectivity index (χ2n) is 8.78. The number of nitrogens with one attached hydrogen (secondary N) is 3. The van der Waals surface area contributed by atoms with Crippen molar-refractivity contribution in [3.05, 3.63) is 52.4 Å². The summed E-state index contributed by atoms with van der Waals surface area (Å²) in [4.78, 5) is 15.7. The average molecular weight is 497 g/mol. The first kappa shape index (κ1) is 23.7. The molecule has 2 aromatic heterocycles. The molecule has 1 saturated carbocycles. The summed E-state index contributed by atoms with van der Waals surface area (Å²) in [6.45, 7) is 3.91. The van der Waals surface area contributed by atoms with E-state index >= 15 is 0 Å². The molecule has 35 heavy (non-hydrogen) atoms. The van der Waals surface area contributed by atoms with Gasteiger partial charge in [-0.15, -0.1) is 0 Å². The van der Waals surface area contributed by atoms with Crippen LogP contribution in [0.5, 0.6) is 0 Å². The number of anilines is 3. The SMILES string of the molecule is OC(CNc1nc(/C=C/c2cccc(Cl)c2)nc(Nc2cc(C3CC3)[nH]n2)n1)CN1CCOCC1. The first-order valence-electron chi connectivity index (χ1n) is 11.8. The lowest BCUT2D eigenvalue weighted by Crippen LogP contribution is -2.42. The average Bonchev–Trinajstić information content (AvgIpc) is 3.61. The Morgan fingerprint density at radius 2 is 1.97 bits per heavy atom. The molecule has 11 heteroatoms. The Kier molecular flexibility index (Phi) is 7.53. The van der Waals surface area contributed by atoms with E-state index in [1.807, 2.05) is 36.4 Å². The van der Waals surface area contributed by atoms with Gasteiger partial charge < -0.3 is 20.5 Å². The number of ether oxygens (including phenoxy) is 1. The number of hydrogen-bond acceptors (Lipinski definition) is 9. The number of aromatic amines is 1. The van der Waals surface area contributed by atoms with Gasteiger partial charge in [0.25, 0.3) is 0 Å². The maximum atomic E-state index is 10.5. The summed E-state index contributed by atoms with van der Waals surface area (Å²) < 4.78 is 5.37. The van der Waals surface area contributed by atoms with E-state index in [1.165, 1.54) is 12.8 Å². The molecule has 1 aromatic carbocycles. The molecule has 2 fully saturated rings. The summed E-state index contributed by atoms with van der Waals surface area (Å²) in [7, 11) is 0. The summed E-state index contributed by atoms with van der Waals surface area (Å²) in [5.74, 6) is 2.42. The van der Waals surface area contributed by atoms with Gasteiger partial charge in [-0.25, -0.2) is 0 Å². The molecule has 0 radical (unpaired) electrons. The number of hydrogen-bond donors (Lipinski definition) is 4. The predicted molar refractivity (Wildman–Crippen MR) is 136 cm³/mol. The summed E-state index contributed by atoms with van der Waals surface area (Å²) in [6.07, 6.45) is 5.49. The molecule has 0 bridgehead atoms. The van der Waals surface area contributed by atoms with Gasteiger partial charge in [-0.3, -0.25) is 10.00 Å². The first-order chi connectivity index (χ1) is 17.1. The summed E-state index contributed by atoms with van der Waals surface area (Å²) >= 11 is 6.10. The maximum absolute atomic E-state index is 10.5. The van der Waals surface area contributed by atoms with Gasteiger partial charge >= 0.3 is 0 Å². The maximum Gasteiger partial charge on any atom is 0.233 e. The smallest absolute Gasteiger partial charge is 0.233 e. The van der Waals surface area contributed by atoms with Crippen molar-refractivity contribution in [2.24, 2.45) is 0 Å². The zero-order chi connectivity index (χ0) is 24.0. The summed E-state index contributed by atoms with van der Waals surface area (Å²) in [6, 6.07) is 9.52. The third kappa shape index (κ3) is 6.98. The normalized spacial score (nSPS) is 17.5. The van der Waals surface area contributed by atoms with Crippen molar-refractivity contribution in [2.45, 2.75) is 24.9 Å². The third-order valence-electron chi connectivity index (χ3n) is 5.85. The van der Waals surface area contributed by atoms with Crippen molar-refractivity contribution in [1.82, 2.24) is 30.0 Å². The molecule has 1 atom stereocenters. The van der Waals surface area contributed by atoms with Crippen LogP contribution in [-0.4, -0.2) is 80.7 Å². The number of aromatic nitrogens is 5. The Balaban J connectivity index is 1.30. The minimum Gasteiger partial charge on any atom is -0.390 e. The molecule has 5 rings (SSSR count). The highest BCUT2D eigenvalue weighted by atomic mass is 35.5. The van der Waals surface area contributed by atoms with Crippen molar-refractivity contribution in [1.29, 1.82) is 0 Å². The molecule has 1 saturated heterocycles. The molecule has 2 aliphatic rings. The van der Waals surface area contributed by atoms with Crippen LogP contribution >= 0.6 is 11.6 Å². The van der Waals surface area contributed by atoms with E-state index < -0.39 is 6.10 Å². The number of rotatable bonds is 10. The fourth-order valence-electron chi connectivity index (χ4n) is 3.86. The van der Waals surface area contributed by atoms with Gasteiger partial charge in [0.05, 0.1) is 19.3 Å². The van der Waals surface area contributed by atoms with Crippen LogP contribution in [0.25, 0.3) is 12.2 Å². The molecule has 0 spiro atoms. The molecule has 4 N–H and O–H groups in total. The van der Waals surface area contributed by atoms with Gasteiger partial charge in [0.2, 0.25) is 11.9 Å². The van der Waals surface area contributed by atoms with Crippen molar-refractivity contribution in [3.8, 4) is 0 Å². The number of β-amino-alcohol motifs (C(OH)–C–C–N with tert-alkyl or cyclic N) is 1. The van der Waals surface area contributed by atoms with Crippen LogP contribution in [0, 0.1) is 0 Å². The largest absolute Gasteiger partial charge is 0.390 e. The number of nitrogens with zero attached hydrogens (tertiary/aromatic N) is 5. The highest BCUT2D eigenvalue weighted by molar-refractivity contribution is 6.30. The lowest BCUT2D eigenvalue weighted by Gasteiger charge is -2.28. The number of halogens is 1. The van der Waals surface area contributed by atoms with E-state index in [-0.39, 0.29) is 0 Å². The van der Waals surface area contributed by atoms with Crippen LogP contribution in [0.4, 0.5) is 17.7 Å². The Hall–Kier alpha value is -3.05. The zero-order valence-corrected chi connectivity index (χ0v) is 20.1. The quantitative estimate of drug-likeness (QED) is 0.335. The van der Waals surface area contributed by atoms with Crippen molar-refractivity contribution in [2.75, 3.05) is 50.0 Å². The minimum absolute atomic E-state index is 0.312. The van der Waals surface area contributed by atoms with Crippen LogP contribution in [0.2, 0.25) is 5.02 Å². The number of aliphatic hydroxyl groups is 1. The van der Waals surface area contributed by atoms with E-state index in [4.69, 9.17) is 16.3 Å². The molecule has 3 aromatic rings. The van der Waals surface area contributed by atoms with Crippen LogP contribution in [0.3, 0.4) is 0 Å². The fraction of sp³-hybridized carbons (Fsp3) is 0.417. The van der Waals surface area contributed by atoms with Gasteiger partial charge in [-0.05, 0) is 36.6 Å². The van der Waals surface area contributed by atoms with E-state index in [2.05, 4.69) is 40.7 Å². The van der Waals surface area contributed by atoms with Gasteiger partial charge in [0, 0.05) is 48.9 Å². The highest BCUT2D eigenvalue weighted by Crippen LogP contribution is 2.39. The molecule has 1 aliphatic carbocycles. The van der Waals surface area contributed by atoms with E-state index in [0.29, 0.717) is 60.8 Å². The third-order valence-corrected chi connectivity index (χ3v) is 6.08. The second-order valence-corrected chi connectivity index (χ2v) is 9.22. The molecule has 1 unspecified atom stereocenters. The van der Waals surface area contributed by atoms with E-state index in [1.54, 1.807) is 6.08 Å². The molecule has 0 amide bonds. The number of morpholine rings is 1. The molecule has 10 nitrogen and oxygen atoms in total. The fourth-order valence-corrected chi connectivity index (χ4v) is 4.06. The lowest BCUT2D eigenvalue weighted by molar-refractivity contribution is 0.0171. The van der Waals surface area contributed by atoms with Gasteiger partial charge in [0.15, 0.2) is 11.6 Å². The zero-order valence-electron chi connectivity index (χ0n) is 19.3. The van der Waals surface area contributed by atoms with Crippen molar-refractivity contribution < 1.29 is 9.84 Å². The topological polar surface area (TPSA) is 124 Å². The number of benzene rings is 1. The second kappa shape index (κ2) is 11.1. The number of H-pyrrole nitrogens is 1. The molecule has 3 heterocycles.